The molecule has 0 saturated heterocycles. The first-order chi connectivity index (χ1) is 12.1. The Morgan fingerprint density at radius 3 is 2.44 bits per heavy atom. The zero-order valence-corrected chi connectivity index (χ0v) is 15.7. The molecule has 0 saturated carbocycles. The van der Waals surface area contributed by atoms with Gasteiger partial charge in [0.05, 0.1) is 16.4 Å². The molecular formula is C19H17Cl2FN2S. The van der Waals surface area contributed by atoms with Crippen LogP contribution in [0.3, 0.4) is 0 Å². The van der Waals surface area contributed by atoms with Crippen molar-refractivity contribution in [2.45, 2.75) is 29.5 Å². The maximum atomic E-state index is 13.1. The Morgan fingerprint density at radius 1 is 1.08 bits per heavy atom. The van der Waals surface area contributed by atoms with Crippen molar-refractivity contribution >= 4 is 35.0 Å². The predicted molar refractivity (Wildman–Crippen MR) is 103 cm³/mol. The molecular weight excluding hydrogens is 378 g/mol. The second-order valence-electron chi connectivity index (χ2n) is 5.72. The summed E-state index contributed by atoms with van der Waals surface area (Å²) in [5.74, 6) is -0.212. The Hall–Kier alpha value is -1.49. The molecule has 25 heavy (non-hydrogen) atoms. The standard InChI is InChI=1S/C19H17Cl2FN2S/c20-17-2-1-3-18(21)19(17)25-16(12-24-11-10-23-13-24)9-6-14-4-7-15(22)8-5-14/h1-5,7-8,10-11,13,16H,6,9,12H2. The monoisotopic (exact) mass is 394 g/mol. The van der Waals surface area contributed by atoms with E-state index in [1.54, 1.807) is 24.3 Å². The van der Waals surface area contributed by atoms with E-state index in [1.165, 1.54) is 12.1 Å². The minimum atomic E-state index is -0.212. The van der Waals surface area contributed by atoms with Crippen LogP contribution in [0.5, 0.6) is 0 Å². The van der Waals surface area contributed by atoms with E-state index in [4.69, 9.17) is 23.2 Å². The first kappa shape index (κ1) is 18.3. The Kier molecular flexibility index (Phi) is 6.40. The van der Waals surface area contributed by atoms with E-state index in [2.05, 4.69) is 4.98 Å². The van der Waals surface area contributed by atoms with Gasteiger partial charge < -0.3 is 4.57 Å². The van der Waals surface area contributed by atoms with Crippen LogP contribution in [0.1, 0.15) is 12.0 Å². The topological polar surface area (TPSA) is 17.8 Å². The number of hydrogen-bond donors (Lipinski definition) is 0. The molecule has 0 aliphatic carbocycles. The summed E-state index contributed by atoms with van der Waals surface area (Å²) >= 11 is 14.3. The van der Waals surface area contributed by atoms with Gasteiger partial charge in [0, 0.05) is 29.1 Å². The minimum absolute atomic E-state index is 0.212. The van der Waals surface area contributed by atoms with Crippen LogP contribution < -0.4 is 0 Å². The van der Waals surface area contributed by atoms with Crippen molar-refractivity contribution in [3.05, 3.63) is 82.6 Å². The summed E-state index contributed by atoms with van der Waals surface area (Å²) in [6.07, 6.45) is 7.29. The molecule has 0 aliphatic rings. The van der Waals surface area contributed by atoms with Gasteiger partial charge >= 0.3 is 0 Å². The summed E-state index contributed by atoms with van der Waals surface area (Å²) in [6, 6.07) is 12.2. The molecule has 1 unspecified atom stereocenters. The predicted octanol–water partition coefficient (Wildman–Crippen LogP) is 6.12. The lowest BCUT2D eigenvalue weighted by Gasteiger charge is -2.19. The Bertz CT molecular complexity index is 787. The molecule has 3 aromatic rings. The largest absolute Gasteiger partial charge is 0.336 e. The summed E-state index contributed by atoms with van der Waals surface area (Å²) < 4.78 is 15.1. The van der Waals surface area contributed by atoms with Crippen molar-refractivity contribution in [1.29, 1.82) is 0 Å². The van der Waals surface area contributed by atoms with Gasteiger partial charge in [-0.3, -0.25) is 0 Å². The fourth-order valence-corrected chi connectivity index (χ4v) is 4.40. The molecule has 0 N–H and O–H groups in total. The third kappa shape index (κ3) is 5.24. The van der Waals surface area contributed by atoms with Crippen LogP contribution in [-0.4, -0.2) is 14.8 Å². The van der Waals surface area contributed by atoms with Gasteiger partial charge in [-0.1, -0.05) is 41.4 Å². The average molecular weight is 395 g/mol. The minimum Gasteiger partial charge on any atom is -0.336 e. The third-order valence-electron chi connectivity index (χ3n) is 3.85. The smallest absolute Gasteiger partial charge is 0.123 e. The third-order valence-corrected chi connectivity index (χ3v) is 6.09. The zero-order chi connectivity index (χ0) is 17.6. The van der Waals surface area contributed by atoms with Gasteiger partial charge in [0.1, 0.15) is 5.82 Å². The lowest BCUT2D eigenvalue weighted by atomic mass is 10.1. The van der Waals surface area contributed by atoms with Gasteiger partial charge in [-0.15, -0.1) is 11.8 Å². The fourth-order valence-electron chi connectivity index (χ4n) is 2.56. The van der Waals surface area contributed by atoms with Crippen molar-refractivity contribution in [3.63, 3.8) is 0 Å². The van der Waals surface area contributed by atoms with Gasteiger partial charge in [-0.05, 0) is 42.7 Å². The molecule has 1 heterocycles. The molecule has 0 amide bonds. The number of aryl methyl sites for hydroxylation is 1. The van der Waals surface area contributed by atoms with Crippen molar-refractivity contribution in [3.8, 4) is 0 Å². The number of rotatable bonds is 7. The van der Waals surface area contributed by atoms with Gasteiger partial charge in [-0.25, -0.2) is 9.37 Å². The molecule has 2 aromatic carbocycles. The SMILES string of the molecule is Fc1ccc(CCC(Cn2ccnc2)Sc2c(Cl)cccc2Cl)cc1. The van der Waals surface area contributed by atoms with E-state index in [-0.39, 0.29) is 11.1 Å². The van der Waals surface area contributed by atoms with Crippen LogP contribution in [0.2, 0.25) is 10.0 Å². The highest BCUT2D eigenvalue weighted by Crippen LogP contribution is 2.38. The molecule has 1 atom stereocenters. The Morgan fingerprint density at radius 2 is 1.80 bits per heavy atom. The number of nitrogens with zero attached hydrogens (tertiary/aromatic N) is 2. The van der Waals surface area contributed by atoms with Crippen molar-refractivity contribution in [2.24, 2.45) is 0 Å². The van der Waals surface area contributed by atoms with Crippen LogP contribution >= 0.6 is 35.0 Å². The second-order valence-corrected chi connectivity index (χ2v) is 7.84. The van der Waals surface area contributed by atoms with E-state index in [0.29, 0.717) is 10.0 Å². The zero-order valence-electron chi connectivity index (χ0n) is 13.4. The van der Waals surface area contributed by atoms with Crippen molar-refractivity contribution in [2.75, 3.05) is 0 Å². The molecule has 2 nitrogen and oxygen atoms in total. The lowest BCUT2D eigenvalue weighted by molar-refractivity contribution is 0.618. The maximum absolute atomic E-state index is 13.1. The molecule has 0 bridgehead atoms. The summed E-state index contributed by atoms with van der Waals surface area (Å²) in [7, 11) is 0. The van der Waals surface area contributed by atoms with E-state index in [1.807, 2.05) is 41.1 Å². The molecule has 0 spiro atoms. The quantitative estimate of drug-likeness (QED) is 0.449. The number of benzene rings is 2. The van der Waals surface area contributed by atoms with Gasteiger partial charge in [0.25, 0.3) is 0 Å². The number of imidazole rings is 1. The van der Waals surface area contributed by atoms with Crippen LogP contribution in [-0.2, 0) is 13.0 Å². The molecule has 0 aliphatic heterocycles. The van der Waals surface area contributed by atoms with Crippen LogP contribution in [0.4, 0.5) is 4.39 Å². The van der Waals surface area contributed by atoms with Crippen LogP contribution in [0.15, 0.2) is 66.1 Å². The summed E-state index contributed by atoms with van der Waals surface area (Å²) in [4.78, 5) is 5.00. The molecule has 6 heteroatoms. The van der Waals surface area contributed by atoms with Gasteiger partial charge in [0.15, 0.2) is 0 Å². The number of hydrogen-bond acceptors (Lipinski definition) is 2. The van der Waals surface area contributed by atoms with Crippen LogP contribution in [0, 0.1) is 5.82 Å². The van der Waals surface area contributed by atoms with Crippen molar-refractivity contribution in [1.82, 2.24) is 9.55 Å². The Balaban J connectivity index is 1.73. The van der Waals surface area contributed by atoms with E-state index in [9.17, 15) is 4.39 Å². The summed E-state index contributed by atoms with van der Waals surface area (Å²) in [6.45, 7) is 0.799. The first-order valence-electron chi connectivity index (χ1n) is 7.92. The first-order valence-corrected chi connectivity index (χ1v) is 9.56. The Labute approximate surface area is 161 Å². The molecule has 0 radical (unpaired) electrons. The van der Waals surface area contributed by atoms with E-state index < -0.39 is 0 Å². The number of thioether (sulfide) groups is 1. The van der Waals surface area contributed by atoms with Gasteiger partial charge in [-0.2, -0.15) is 0 Å². The molecule has 1 aromatic heterocycles. The molecule has 3 rings (SSSR count). The summed E-state index contributed by atoms with van der Waals surface area (Å²) in [5.41, 5.74) is 1.11. The lowest BCUT2D eigenvalue weighted by Crippen LogP contribution is -2.13. The molecule has 130 valence electrons. The normalized spacial score (nSPS) is 12.3. The fraction of sp³-hybridized carbons (Fsp3) is 0.211. The van der Waals surface area contributed by atoms with E-state index in [0.717, 1.165) is 29.8 Å². The molecule has 0 fully saturated rings. The van der Waals surface area contributed by atoms with Gasteiger partial charge in [0.2, 0.25) is 0 Å². The average Bonchev–Trinajstić information content (AvgIpc) is 3.10. The van der Waals surface area contributed by atoms with E-state index >= 15 is 0 Å². The number of halogens is 3. The second kappa shape index (κ2) is 8.75. The number of aromatic nitrogens is 2. The highest BCUT2D eigenvalue weighted by atomic mass is 35.5. The van der Waals surface area contributed by atoms with Crippen molar-refractivity contribution < 1.29 is 4.39 Å². The highest BCUT2D eigenvalue weighted by molar-refractivity contribution is 8.00. The highest BCUT2D eigenvalue weighted by Gasteiger charge is 2.16. The summed E-state index contributed by atoms with van der Waals surface area (Å²) in [5, 5.41) is 1.58. The maximum Gasteiger partial charge on any atom is 0.123 e. The van der Waals surface area contributed by atoms with Crippen LogP contribution in [0.25, 0.3) is 0 Å².